The SMILES string of the molecule is [CH2-][NH+]1CCC2(CC1)CC[NH+]([CH2-])C2. The Kier molecular flexibility index (Phi) is 2.13. The maximum atomic E-state index is 4.10. The largest absolute Gasteiger partial charge is 0.468 e. The maximum absolute atomic E-state index is 4.10. The summed E-state index contributed by atoms with van der Waals surface area (Å²) in [4.78, 5) is 2.96. The Balaban J connectivity index is 1.95. The first-order valence-corrected chi connectivity index (χ1v) is 5.04. The Morgan fingerprint density at radius 2 is 1.33 bits per heavy atom. The van der Waals surface area contributed by atoms with Crippen LogP contribution in [0.3, 0.4) is 0 Å². The van der Waals surface area contributed by atoms with Crippen LogP contribution in [0.5, 0.6) is 0 Å². The minimum Gasteiger partial charge on any atom is -0.468 e. The van der Waals surface area contributed by atoms with Crippen LogP contribution in [0.25, 0.3) is 0 Å². The van der Waals surface area contributed by atoms with Gasteiger partial charge in [-0.05, 0) is 0 Å². The molecule has 1 spiro atoms. The third-order valence-corrected chi connectivity index (χ3v) is 3.65. The van der Waals surface area contributed by atoms with Gasteiger partial charge in [0.05, 0.1) is 26.2 Å². The van der Waals surface area contributed by atoms with E-state index in [9.17, 15) is 0 Å². The fourth-order valence-corrected chi connectivity index (χ4v) is 2.71. The third-order valence-electron chi connectivity index (χ3n) is 3.65. The molecule has 0 amide bonds. The topological polar surface area (TPSA) is 8.88 Å². The van der Waals surface area contributed by atoms with Crippen molar-refractivity contribution in [2.75, 3.05) is 26.2 Å². The predicted octanol–water partition coefficient (Wildman–Crippen LogP) is -1.48. The average molecular weight is 168 g/mol. The van der Waals surface area contributed by atoms with Crippen LogP contribution in [-0.4, -0.2) is 26.2 Å². The van der Waals surface area contributed by atoms with Crippen molar-refractivity contribution in [3.05, 3.63) is 14.1 Å². The van der Waals surface area contributed by atoms with Gasteiger partial charge in [0.15, 0.2) is 0 Å². The molecule has 1 atom stereocenters. The predicted molar refractivity (Wildman–Crippen MR) is 48.4 cm³/mol. The van der Waals surface area contributed by atoms with Gasteiger partial charge in [0, 0.05) is 24.7 Å². The lowest BCUT2D eigenvalue weighted by molar-refractivity contribution is -0.868. The van der Waals surface area contributed by atoms with Crippen molar-refractivity contribution in [2.45, 2.75) is 19.3 Å². The maximum Gasteiger partial charge on any atom is 0.0594 e. The molecule has 2 aliphatic rings. The summed E-state index contributed by atoms with van der Waals surface area (Å²) in [6, 6.07) is 0. The zero-order chi connectivity index (χ0) is 8.60. The molecule has 2 saturated heterocycles. The van der Waals surface area contributed by atoms with Crippen LogP contribution >= 0.6 is 0 Å². The van der Waals surface area contributed by atoms with Crippen molar-refractivity contribution in [1.29, 1.82) is 0 Å². The van der Waals surface area contributed by atoms with Crippen molar-refractivity contribution >= 4 is 0 Å². The highest BCUT2D eigenvalue weighted by Gasteiger charge is 2.40. The molecule has 0 saturated carbocycles. The molecule has 2 nitrogen and oxygen atoms in total. The number of hydrogen-bond acceptors (Lipinski definition) is 0. The molecule has 0 aromatic carbocycles. The molecule has 2 fully saturated rings. The minimum absolute atomic E-state index is 0.665. The van der Waals surface area contributed by atoms with Gasteiger partial charge in [-0.25, -0.2) is 0 Å². The second-order valence-electron chi connectivity index (χ2n) is 4.68. The summed E-state index contributed by atoms with van der Waals surface area (Å²) in [7, 11) is 8.17. The summed E-state index contributed by atoms with van der Waals surface area (Å²) in [5.74, 6) is 0. The summed E-state index contributed by atoms with van der Waals surface area (Å²) >= 11 is 0. The van der Waals surface area contributed by atoms with Crippen molar-refractivity contribution in [3.63, 3.8) is 0 Å². The fraction of sp³-hybridized carbons (Fsp3) is 0.800. The van der Waals surface area contributed by atoms with Crippen LogP contribution in [0, 0.1) is 19.5 Å². The lowest BCUT2D eigenvalue weighted by atomic mass is 9.78. The summed E-state index contributed by atoms with van der Waals surface area (Å²) < 4.78 is 0. The number of likely N-dealkylation sites (tertiary alicyclic amines) is 2. The van der Waals surface area contributed by atoms with Crippen LogP contribution in [0.2, 0.25) is 0 Å². The normalized spacial score (nSPS) is 48.5. The molecule has 0 radical (unpaired) electrons. The summed E-state index contributed by atoms with van der Waals surface area (Å²) in [6.45, 7) is 5.13. The summed E-state index contributed by atoms with van der Waals surface area (Å²) in [5.41, 5.74) is 0.665. The number of rotatable bonds is 0. The van der Waals surface area contributed by atoms with Gasteiger partial charge in [0.2, 0.25) is 0 Å². The number of nitrogens with one attached hydrogen (secondary N) is 2. The van der Waals surface area contributed by atoms with Crippen LogP contribution in [-0.2, 0) is 0 Å². The van der Waals surface area contributed by atoms with Crippen LogP contribution in [0.15, 0.2) is 0 Å². The molecule has 0 aliphatic carbocycles. The van der Waals surface area contributed by atoms with Crippen molar-refractivity contribution in [1.82, 2.24) is 0 Å². The van der Waals surface area contributed by atoms with E-state index in [1.54, 1.807) is 0 Å². The molecule has 0 aromatic rings. The van der Waals surface area contributed by atoms with E-state index in [4.69, 9.17) is 0 Å². The highest BCUT2D eigenvalue weighted by atomic mass is 15.2. The first kappa shape index (κ1) is 8.52. The Labute approximate surface area is 75.5 Å². The lowest BCUT2D eigenvalue weighted by Crippen LogP contribution is -3.09. The number of hydrogen-bond donors (Lipinski definition) is 2. The van der Waals surface area contributed by atoms with E-state index in [0.717, 1.165) is 0 Å². The molecular weight excluding hydrogens is 148 g/mol. The van der Waals surface area contributed by atoms with E-state index < -0.39 is 0 Å². The highest BCUT2D eigenvalue weighted by Crippen LogP contribution is 2.31. The third kappa shape index (κ3) is 1.50. The first-order valence-electron chi connectivity index (χ1n) is 5.04. The Bertz CT molecular complexity index is 159. The molecule has 2 N–H and O–H groups in total. The zero-order valence-corrected chi connectivity index (χ0v) is 7.86. The van der Waals surface area contributed by atoms with Gasteiger partial charge in [-0.3, -0.25) is 0 Å². The van der Waals surface area contributed by atoms with Crippen LogP contribution in [0.1, 0.15) is 19.3 Å². The van der Waals surface area contributed by atoms with Gasteiger partial charge in [0.1, 0.15) is 0 Å². The number of quaternary nitrogens is 2. The smallest absolute Gasteiger partial charge is 0.0594 e. The first-order chi connectivity index (χ1) is 5.70. The summed E-state index contributed by atoms with van der Waals surface area (Å²) in [6.07, 6.45) is 4.16. The second kappa shape index (κ2) is 3.00. The Morgan fingerprint density at radius 1 is 0.833 bits per heavy atom. The van der Waals surface area contributed by atoms with Crippen molar-refractivity contribution < 1.29 is 9.80 Å². The Hall–Kier alpha value is -0.0800. The Morgan fingerprint density at radius 3 is 1.75 bits per heavy atom. The molecule has 0 aromatic heterocycles. The molecule has 70 valence electrons. The molecule has 1 unspecified atom stereocenters. The second-order valence-corrected chi connectivity index (χ2v) is 4.68. The average Bonchev–Trinajstić information content (AvgIpc) is 2.40. The van der Waals surface area contributed by atoms with Gasteiger partial charge in [0.25, 0.3) is 0 Å². The minimum atomic E-state index is 0.665. The molecule has 2 aliphatic heterocycles. The van der Waals surface area contributed by atoms with Gasteiger partial charge in [-0.2, -0.15) is 14.1 Å². The number of piperidine rings is 1. The monoisotopic (exact) mass is 168 g/mol. The standard InChI is InChI=1S/C10H20N2/c1-11-6-3-10(4-7-11)5-8-12(2)9-10/h11-12H,1-9H2. The van der Waals surface area contributed by atoms with E-state index in [1.165, 1.54) is 55.2 Å². The van der Waals surface area contributed by atoms with Crippen LogP contribution in [0.4, 0.5) is 0 Å². The van der Waals surface area contributed by atoms with E-state index in [0.29, 0.717) is 5.41 Å². The molecule has 2 heterocycles. The van der Waals surface area contributed by atoms with Gasteiger partial charge in [-0.15, -0.1) is 0 Å². The van der Waals surface area contributed by atoms with Gasteiger partial charge < -0.3 is 9.80 Å². The zero-order valence-electron chi connectivity index (χ0n) is 7.86. The highest BCUT2D eigenvalue weighted by molar-refractivity contribution is 4.83. The van der Waals surface area contributed by atoms with Crippen molar-refractivity contribution in [2.24, 2.45) is 5.41 Å². The molecule has 2 heteroatoms. The van der Waals surface area contributed by atoms with Crippen LogP contribution < -0.4 is 9.80 Å². The van der Waals surface area contributed by atoms with Gasteiger partial charge >= 0.3 is 0 Å². The molecule has 0 bridgehead atoms. The van der Waals surface area contributed by atoms with Gasteiger partial charge in [-0.1, -0.05) is 0 Å². The summed E-state index contributed by atoms with van der Waals surface area (Å²) in [5, 5.41) is 0. The fourth-order valence-electron chi connectivity index (χ4n) is 2.71. The van der Waals surface area contributed by atoms with Crippen molar-refractivity contribution in [3.8, 4) is 0 Å². The molecule has 12 heavy (non-hydrogen) atoms. The quantitative estimate of drug-likeness (QED) is 0.408. The lowest BCUT2D eigenvalue weighted by Gasteiger charge is -2.37. The molecular formula is C10H20N2. The molecule has 2 rings (SSSR count). The van der Waals surface area contributed by atoms with E-state index in [-0.39, 0.29) is 0 Å². The van der Waals surface area contributed by atoms with E-state index in [2.05, 4.69) is 14.1 Å². The van der Waals surface area contributed by atoms with E-state index >= 15 is 0 Å². The van der Waals surface area contributed by atoms with E-state index in [1.807, 2.05) is 0 Å².